The Morgan fingerprint density at radius 3 is 2.63 bits per heavy atom. The van der Waals surface area contributed by atoms with Gasteiger partial charge in [-0.2, -0.15) is 0 Å². The molecule has 0 atom stereocenters. The molecule has 2 amide bonds. The largest absolute Gasteiger partial charge is 0.478 e. The number of nitrogens with zero attached hydrogens (tertiary/aromatic N) is 1. The maximum atomic E-state index is 12.0. The molecule has 0 unspecified atom stereocenters. The Kier molecular flexibility index (Phi) is 3.95. The summed E-state index contributed by atoms with van der Waals surface area (Å²) in [5.74, 6) is -1.09. The van der Waals surface area contributed by atoms with Crippen LogP contribution in [0, 0.1) is 0 Å². The Morgan fingerprint density at radius 2 is 2.16 bits per heavy atom. The lowest BCUT2D eigenvalue weighted by atomic mass is 10.2. The van der Waals surface area contributed by atoms with Crippen LogP contribution in [0.15, 0.2) is 18.2 Å². The van der Waals surface area contributed by atoms with Gasteiger partial charge in [0.1, 0.15) is 0 Å². The zero-order valence-corrected chi connectivity index (χ0v) is 11.3. The first-order valence-corrected chi connectivity index (χ1v) is 6.51. The summed E-state index contributed by atoms with van der Waals surface area (Å²) in [6.45, 7) is 2.58. The Labute approximate surface area is 116 Å². The standard InChI is InChI=1S/C13H15ClN2O3/c1-2-16(9-4-5-9)13(19)15-8-3-6-10(12(17)18)11(14)7-8/h3,6-7,9H,2,4-5H2,1H3,(H,15,19)(H,17,18). The molecule has 1 aromatic rings. The highest BCUT2D eigenvalue weighted by atomic mass is 35.5. The van der Waals surface area contributed by atoms with Gasteiger partial charge in [-0.15, -0.1) is 0 Å². The molecule has 1 saturated carbocycles. The first-order chi connectivity index (χ1) is 9.02. The topological polar surface area (TPSA) is 69.6 Å². The van der Waals surface area contributed by atoms with Gasteiger partial charge in [-0.05, 0) is 38.0 Å². The second kappa shape index (κ2) is 5.48. The van der Waals surface area contributed by atoms with Crippen LogP contribution < -0.4 is 5.32 Å². The minimum Gasteiger partial charge on any atom is -0.478 e. The minimum absolute atomic E-state index is 0.0224. The number of halogens is 1. The van der Waals surface area contributed by atoms with Gasteiger partial charge in [0.05, 0.1) is 10.6 Å². The van der Waals surface area contributed by atoms with Crippen LogP contribution in [0.1, 0.15) is 30.1 Å². The first-order valence-electron chi connectivity index (χ1n) is 6.13. The van der Waals surface area contributed by atoms with Crippen molar-refractivity contribution in [3.8, 4) is 0 Å². The fourth-order valence-electron chi connectivity index (χ4n) is 1.92. The molecule has 0 aliphatic heterocycles. The van der Waals surface area contributed by atoms with Crippen molar-refractivity contribution < 1.29 is 14.7 Å². The number of carbonyl (C=O) groups is 2. The van der Waals surface area contributed by atoms with Crippen LogP contribution in [0.4, 0.5) is 10.5 Å². The lowest BCUT2D eigenvalue weighted by molar-refractivity contribution is 0.0697. The predicted molar refractivity (Wildman–Crippen MR) is 72.8 cm³/mol. The SMILES string of the molecule is CCN(C(=O)Nc1ccc(C(=O)O)c(Cl)c1)C1CC1. The summed E-state index contributed by atoms with van der Waals surface area (Å²) in [6, 6.07) is 4.52. The molecule has 1 aliphatic rings. The molecule has 1 fully saturated rings. The fraction of sp³-hybridized carbons (Fsp3) is 0.385. The van der Waals surface area contributed by atoms with Crippen LogP contribution in [0.25, 0.3) is 0 Å². The molecule has 19 heavy (non-hydrogen) atoms. The third-order valence-electron chi connectivity index (χ3n) is 3.04. The molecule has 2 N–H and O–H groups in total. The van der Waals surface area contributed by atoms with Crippen LogP contribution in [-0.4, -0.2) is 34.6 Å². The molecule has 0 bridgehead atoms. The van der Waals surface area contributed by atoms with Crippen molar-refractivity contribution in [1.82, 2.24) is 4.90 Å². The van der Waals surface area contributed by atoms with Crippen molar-refractivity contribution >= 4 is 29.3 Å². The molecule has 0 spiro atoms. The van der Waals surface area contributed by atoms with E-state index >= 15 is 0 Å². The Bertz CT molecular complexity index is 515. The Hall–Kier alpha value is -1.75. The van der Waals surface area contributed by atoms with Gasteiger partial charge >= 0.3 is 12.0 Å². The second-order valence-corrected chi connectivity index (χ2v) is 4.85. The number of amides is 2. The number of anilines is 1. The minimum atomic E-state index is -1.09. The average molecular weight is 283 g/mol. The molecular weight excluding hydrogens is 268 g/mol. The molecule has 102 valence electrons. The average Bonchev–Trinajstić information content (AvgIpc) is 3.14. The van der Waals surface area contributed by atoms with E-state index in [-0.39, 0.29) is 16.6 Å². The normalized spacial score (nSPS) is 14.0. The molecule has 1 aromatic carbocycles. The van der Waals surface area contributed by atoms with Gasteiger partial charge in [-0.3, -0.25) is 0 Å². The van der Waals surface area contributed by atoms with Crippen molar-refractivity contribution in [1.29, 1.82) is 0 Å². The van der Waals surface area contributed by atoms with E-state index in [1.165, 1.54) is 18.2 Å². The van der Waals surface area contributed by atoms with E-state index < -0.39 is 5.97 Å². The summed E-state index contributed by atoms with van der Waals surface area (Å²) in [6.07, 6.45) is 2.08. The molecule has 2 rings (SSSR count). The molecule has 0 saturated heterocycles. The quantitative estimate of drug-likeness (QED) is 0.892. The summed E-state index contributed by atoms with van der Waals surface area (Å²) < 4.78 is 0. The van der Waals surface area contributed by atoms with E-state index in [1.807, 2.05) is 6.92 Å². The summed E-state index contributed by atoms with van der Waals surface area (Å²) in [5, 5.41) is 11.7. The van der Waals surface area contributed by atoms with Crippen molar-refractivity contribution in [3.05, 3.63) is 28.8 Å². The zero-order valence-electron chi connectivity index (χ0n) is 10.5. The van der Waals surface area contributed by atoms with E-state index in [9.17, 15) is 9.59 Å². The van der Waals surface area contributed by atoms with Crippen LogP contribution in [0.2, 0.25) is 5.02 Å². The van der Waals surface area contributed by atoms with Crippen molar-refractivity contribution in [2.24, 2.45) is 0 Å². The monoisotopic (exact) mass is 282 g/mol. The Morgan fingerprint density at radius 1 is 1.47 bits per heavy atom. The van der Waals surface area contributed by atoms with Gasteiger partial charge < -0.3 is 15.3 Å². The van der Waals surface area contributed by atoms with Crippen LogP contribution >= 0.6 is 11.6 Å². The zero-order chi connectivity index (χ0) is 14.0. The number of rotatable bonds is 4. The smallest absolute Gasteiger partial charge is 0.337 e. The summed E-state index contributed by atoms with van der Waals surface area (Å²) in [4.78, 5) is 24.6. The van der Waals surface area contributed by atoms with Gasteiger partial charge in [0.15, 0.2) is 0 Å². The number of hydrogen-bond donors (Lipinski definition) is 2. The Balaban J connectivity index is 2.08. The summed E-state index contributed by atoms with van der Waals surface area (Å²) >= 11 is 5.85. The lowest BCUT2D eigenvalue weighted by Gasteiger charge is -2.21. The summed E-state index contributed by atoms with van der Waals surface area (Å²) in [5.41, 5.74) is 0.522. The third-order valence-corrected chi connectivity index (χ3v) is 3.35. The molecular formula is C13H15ClN2O3. The van der Waals surface area contributed by atoms with E-state index in [4.69, 9.17) is 16.7 Å². The second-order valence-electron chi connectivity index (χ2n) is 4.45. The highest BCUT2D eigenvalue weighted by Gasteiger charge is 2.31. The van der Waals surface area contributed by atoms with Gasteiger partial charge in [0.2, 0.25) is 0 Å². The van der Waals surface area contributed by atoms with E-state index in [2.05, 4.69) is 5.32 Å². The van der Waals surface area contributed by atoms with Crippen molar-refractivity contribution in [3.63, 3.8) is 0 Å². The highest BCUT2D eigenvalue weighted by molar-refractivity contribution is 6.33. The maximum Gasteiger partial charge on any atom is 0.337 e. The molecule has 0 radical (unpaired) electrons. The molecule has 0 aromatic heterocycles. The molecule has 0 heterocycles. The number of benzene rings is 1. The number of carboxylic acids is 1. The van der Waals surface area contributed by atoms with E-state index in [0.29, 0.717) is 18.3 Å². The van der Waals surface area contributed by atoms with Crippen LogP contribution in [-0.2, 0) is 0 Å². The van der Waals surface area contributed by atoms with Crippen molar-refractivity contribution in [2.45, 2.75) is 25.8 Å². The molecule has 5 nitrogen and oxygen atoms in total. The number of nitrogens with one attached hydrogen (secondary N) is 1. The van der Waals surface area contributed by atoms with E-state index in [1.54, 1.807) is 4.90 Å². The van der Waals surface area contributed by atoms with Crippen LogP contribution in [0.3, 0.4) is 0 Å². The highest BCUT2D eigenvalue weighted by Crippen LogP contribution is 2.27. The third kappa shape index (κ3) is 3.17. The van der Waals surface area contributed by atoms with Gasteiger partial charge in [-0.1, -0.05) is 11.6 Å². The summed E-state index contributed by atoms with van der Waals surface area (Å²) in [7, 11) is 0. The van der Waals surface area contributed by atoms with Crippen molar-refractivity contribution in [2.75, 3.05) is 11.9 Å². The van der Waals surface area contributed by atoms with Crippen LogP contribution in [0.5, 0.6) is 0 Å². The number of hydrogen-bond acceptors (Lipinski definition) is 2. The number of aromatic carboxylic acids is 1. The molecule has 1 aliphatic carbocycles. The fourth-order valence-corrected chi connectivity index (χ4v) is 2.18. The number of carbonyl (C=O) groups excluding carboxylic acids is 1. The van der Waals surface area contributed by atoms with Gasteiger partial charge in [0.25, 0.3) is 0 Å². The van der Waals surface area contributed by atoms with Gasteiger partial charge in [0, 0.05) is 18.3 Å². The van der Waals surface area contributed by atoms with E-state index in [0.717, 1.165) is 12.8 Å². The van der Waals surface area contributed by atoms with Gasteiger partial charge in [-0.25, -0.2) is 9.59 Å². The predicted octanol–water partition coefficient (Wildman–Crippen LogP) is 3.05. The number of carboxylic acid groups (broad SMARTS) is 1. The first kappa shape index (κ1) is 13.7. The lowest BCUT2D eigenvalue weighted by Crippen LogP contribution is -2.36. The number of urea groups is 1. The maximum absolute atomic E-state index is 12.0. The molecule has 6 heteroatoms.